The van der Waals surface area contributed by atoms with Crippen LogP contribution >= 0.6 is 0 Å². The number of likely N-dealkylation sites (N-methyl/N-ethyl adjacent to an activating group) is 1. The lowest BCUT2D eigenvalue weighted by Crippen LogP contribution is -2.53. The van der Waals surface area contributed by atoms with Crippen LogP contribution in [0.15, 0.2) is 11.6 Å². The largest absolute Gasteiger partial charge is 0.450 e. The SMILES string of the molecule is CCCCOC(=O)NCCN(C)CC(=O)NC(=O)OC1CC[C@]2(CO2)C([C@H]2O[C@@H]2CC=C(C)C)C1OC. The van der Waals surface area contributed by atoms with Crippen LogP contribution in [0.4, 0.5) is 9.59 Å². The van der Waals surface area contributed by atoms with Crippen molar-refractivity contribution in [3.8, 4) is 0 Å². The Morgan fingerprint density at radius 1 is 1.22 bits per heavy atom. The summed E-state index contributed by atoms with van der Waals surface area (Å²) in [4.78, 5) is 38.1. The van der Waals surface area contributed by atoms with Gasteiger partial charge in [-0.25, -0.2) is 9.59 Å². The Kier molecular flexibility index (Phi) is 10.7. The molecule has 3 amide bonds. The molecule has 0 bridgehead atoms. The van der Waals surface area contributed by atoms with Gasteiger partial charge in [0.2, 0.25) is 5.91 Å². The molecule has 2 N–H and O–H groups in total. The van der Waals surface area contributed by atoms with Crippen LogP contribution in [0.5, 0.6) is 0 Å². The number of carbonyl (C=O) groups is 3. The van der Waals surface area contributed by atoms with E-state index >= 15 is 0 Å². The van der Waals surface area contributed by atoms with Crippen LogP contribution < -0.4 is 10.6 Å². The van der Waals surface area contributed by atoms with Gasteiger partial charge >= 0.3 is 12.2 Å². The van der Waals surface area contributed by atoms with E-state index in [9.17, 15) is 14.4 Å². The Hall–Kier alpha value is -2.21. The van der Waals surface area contributed by atoms with E-state index in [4.69, 9.17) is 23.7 Å². The number of nitrogens with zero attached hydrogens (tertiary/aromatic N) is 1. The average molecular weight is 526 g/mol. The predicted molar refractivity (Wildman–Crippen MR) is 135 cm³/mol. The number of carbonyl (C=O) groups excluding carboxylic acids is 3. The summed E-state index contributed by atoms with van der Waals surface area (Å²) in [7, 11) is 3.33. The van der Waals surface area contributed by atoms with Gasteiger partial charge in [0.25, 0.3) is 0 Å². The van der Waals surface area contributed by atoms with Gasteiger partial charge in [0.05, 0.1) is 37.6 Å². The van der Waals surface area contributed by atoms with Gasteiger partial charge in [0.15, 0.2) is 0 Å². The average Bonchev–Trinajstić information content (AvgIpc) is 3.76. The van der Waals surface area contributed by atoms with Crippen LogP contribution in [0, 0.1) is 5.92 Å². The highest BCUT2D eigenvalue weighted by Crippen LogP contribution is 2.54. The van der Waals surface area contributed by atoms with E-state index in [1.54, 1.807) is 19.1 Å². The number of rotatable bonds is 13. The molecule has 1 spiro atoms. The molecule has 11 heteroatoms. The predicted octanol–water partition coefficient (Wildman–Crippen LogP) is 2.38. The third-order valence-corrected chi connectivity index (χ3v) is 7.11. The Bertz CT molecular complexity index is 827. The molecule has 0 aromatic rings. The van der Waals surface area contributed by atoms with Crippen LogP contribution in [-0.4, -0.2) is 100 Å². The number of epoxide rings is 2. The number of unbranched alkanes of at least 4 members (excludes halogenated alkanes) is 1. The summed E-state index contributed by atoms with van der Waals surface area (Å²) in [5, 5.41) is 4.93. The van der Waals surface area contributed by atoms with E-state index < -0.39 is 24.2 Å². The fourth-order valence-electron chi connectivity index (χ4n) is 4.96. The van der Waals surface area contributed by atoms with Gasteiger partial charge in [-0.2, -0.15) is 0 Å². The quantitative estimate of drug-likeness (QED) is 0.211. The molecule has 1 saturated carbocycles. The normalized spacial score (nSPS) is 29.9. The molecule has 2 heterocycles. The minimum atomic E-state index is -0.799. The molecule has 0 aromatic carbocycles. The van der Waals surface area contributed by atoms with Crippen LogP contribution in [0.3, 0.4) is 0 Å². The highest BCUT2D eigenvalue weighted by Gasteiger charge is 2.66. The van der Waals surface area contributed by atoms with E-state index in [1.165, 1.54) is 5.57 Å². The Labute approximate surface area is 219 Å². The van der Waals surface area contributed by atoms with Crippen molar-refractivity contribution in [2.45, 2.75) is 82.9 Å². The van der Waals surface area contributed by atoms with Gasteiger partial charge in [0, 0.05) is 26.1 Å². The van der Waals surface area contributed by atoms with Crippen molar-refractivity contribution in [3.63, 3.8) is 0 Å². The fourth-order valence-corrected chi connectivity index (χ4v) is 4.96. The topological polar surface area (TPSA) is 131 Å². The van der Waals surface area contributed by atoms with Crippen molar-refractivity contribution in [2.75, 3.05) is 47.0 Å². The number of alkyl carbamates (subject to hydrolysis) is 2. The van der Waals surface area contributed by atoms with E-state index in [0.29, 0.717) is 32.7 Å². The summed E-state index contributed by atoms with van der Waals surface area (Å²) in [5.74, 6) is -0.531. The van der Waals surface area contributed by atoms with Crippen molar-refractivity contribution in [2.24, 2.45) is 5.92 Å². The number of nitrogens with one attached hydrogen (secondary N) is 2. The second-order valence-corrected chi connectivity index (χ2v) is 10.4. The number of allylic oxidation sites excluding steroid dienone is 1. The zero-order valence-electron chi connectivity index (χ0n) is 22.7. The first-order valence-electron chi connectivity index (χ1n) is 13.2. The van der Waals surface area contributed by atoms with E-state index in [1.807, 2.05) is 6.92 Å². The van der Waals surface area contributed by atoms with Crippen LogP contribution in [0.1, 0.15) is 52.9 Å². The summed E-state index contributed by atoms with van der Waals surface area (Å²) >= 11 is 0. The van der Waals surface area contributed by atoms with Crippen LogP contribution in [-0.2, 0) is 28.5 Å². The summed E-state index contributed by atoms with van der Waals surface area (Å²) in [6, 6.07) is 0. The Morgan fingerprint density at radius 3 is 2.62 bits per heavy atom. The summed E-state index contributed by atoms with van der Waals surface area (Å²) in [6.45, 7) is 7.88. The zero-order chi connectivity index (χ0) is 27.0. The molecule has 11 nitrogen and oxygen atoms in total. The third-order valence-electron chi connectivity index (χ3n) is 7.11. The highest BCUT2D eigenvalue weighted by atomic mass is 16.6. The summed E-state index contributed by atoms with van der Waals surface area (Å²) < 4.78 is 28.4. The molecule has 0 aromatic heterocycles. The lowest BCUT2D eigenvalue weighted by atomic mass is 9.73. The third kappa shape index (κ3) is 8.66. The molecule has 3 aliphatic rings. The maximum absolute atomic E-state index is 12.5. The maximum Gasteiger partial charge on any atom is 0.414 e. The van der Waals surface area contributed by atoms with Crippen LogP contribution in [0.2, 0.25) is 0 Å². The number of hydrogen-bond donors (Lipinski definition) is 2. The first-order valence-corrected chi connectivity index (χ1v) is 13.2. The molecule has 0 radical (unpaired) electrons. The minimum Gasteiger partial charge on any atom is -0.450 e. The van der Waals surface area contributed by atoms with Crippen molar-refractivity contribution < 1.29 is 38.1 Å². The highest BCUT2D eigenvalue weighted by molar-refractivity contribution is 5.92. The van der Waals surface area contributed by atoms with Crippen molar-refractivity contribution in [3.05, 3.63) is 11.6 Å². The molecule has 3 fully saturated rings. The number of amides is 3. The second-order valence-electron chi connectivity index (χ2n) is 10.4. The first kappa shape index (κ1) is 29.3. The molecule has 6 atom stereocenters. The molecule has 2 aliphatic heterocycles. The molecule has 37 heavy (non-hydrogen) atoms. The molecule has 3 unspecified atom stereocenters. The van der Waals surface area contributed by atoms with Gasteiger partial charge in [-0.05, 0) is 46.6 Å². The lowest BCUT2D eigenvalue weighted by molar-refractivity contribution is -0.123. The van der Waals surface area contributed by atoms with Crippen molar-refractivity contribution in [1.82, 2.24) is 15.5 Å². The minimum absolute atomic E-state index is 0.00895. The molecular weight excluding hydrogens is 482 g/mol. The van der Waals surface area contributed by atoms with E-state index in [-0.39, 0.29) is 36.4 Å². The van der Waals surface area contributed by atoms with Gasteiger partial charge in [-0.3, -0.25) is 15.0 Å². The second kappa shape index (κ2) is 13.5. The van der Waals surface area contributed by atoms with E-state index in [0.717, 1.165) is 25.7 Å². The molecule has 3 rings (SSSR count). The van der Waals surface area contributed by atoms with Crippen molar-refractivity contribution >= 4 is 18.1 Å². The Balaban J connectivity index is 1.42. The standard InChI is InChI=1S/C26H43N3O8/c1-6-7-14-34-24(31)27-12-13-29(4)15-20(30)28-25(32)37-19-10-11-26(16-35-26)21(22(19)33-5)23-18(36-23)9-8-17(2)3/h8,18-19,21-23H,6-7,9-16H2,1-5H3,(H,27,31)(H,28,30,32)/t18-,19?,21?,22?,23+,26+/m1/s1. The Morgan fingerprint density at radius 2 is 1.97 bits per heavy atom. The smallest absolute Gasteiger partial charge is 0.414 e. The van der Waals surface area contributed by atoms with Gasteiger partial charge in [-0.1, -0.05) is 25.0 Å². The number of methoxy groups -OCH3 is 1. The summed E-state index contributed by atoms with van der Waals surface area (Å²) in [5.41, 5.74) is 0.962. The summed E-state index contributed by atoms with van der Waals surface area (Å²) in [6.07, 6.45) is 4.01. The molecule has 1 aliphatic carbocycles. The number of hydrogen-bond acceptors (Lipinski definition) is 9. The zero-order valence-corrected chi connectivity index (χ0v) is 22.7. The monoisotopic (exact) mass is 525 g/mol. The lowest BCUT2D eigenvalue weighted by Gasteiger charge is -2.39. The van der Waals surface area contributed by atoms with Crippen molar-refractivity contribution in [1.29, 1.82) is 0 Å². The maximum atomic E-state index is 12.5. The van der Waals surface area contributed by atoms with Gasteiger partial charge in [-0.15, -0.1) is 0 Å². The number of ether oxygens (including phenoxy) is 5. The van der Waals surface area contributed by atoms with Gasteiger partial charge < -0.3 is 29.0 Å². The van der Waals surface area contributed by atoms with Crippen LogP contribution in [0.25, 0.3) is 0 Å². The van der Waals surface area contributed by atoms with E-state index in [2.05, 4.69) is 30.6 Å². The number of imide groups is 1. The molecular formula is C26H43N3O8. The van der Waals surface area contributed by atoms with Gasteiger partial charge in [0.1, 0.15) is 12.2 Å². The molecule has 2 saturated heterocycles. The fraction of sp³-hybridized carbons (Fsp3) is 0.808. The molecule has 210 valence electrons. The first-order chi connectivity index (χ1) is 17.7.